The number of carbonyl (C=O) groups is 1. The average Bonchev–Trinajstić information content (AvgIpc) is 3.22. The summed E-state index contributed by atoms with van der Waals surface area (Å²) in [4.78, 5) is 21.2. The van der Waals surface area contributed by atoms with Crippen LogP contribution in [0.25, 0.3) is 27.7 Å². The first kappa shape index (κ1) is 19.7. The van der Waals surface area contributed by atoms with Gasteiger partial charge in [-0.25, -0.2) is 14.5 Å². The lowest BCUT2D eigenvalue weighted by molar-refractivity contribution is -0.142. The predicted octanol–water partition coefficient (Wildman–Crippen LogP) is 5.22. The smallest absolute Gasteiger partial charge is 0.306 e. The second kappa shape index (κ2) is 7.45. The molecule has 6 nitrogen and oxygen atoms in total. The number of anilines is 1. The molecule has 0 saturated carbocycles. The van der Waals surface area contributed by atoms with Crippen molar-refractivity contribution < 1.29 is 18.0 Å². The fraction of sp³-hybridized carbons (Fsp3) is 0.0435. The van der Waals surface area contributed by atoms with Crippen LogP contribution in [0.5, 0.6) is 0 Å². The number of rotatable bonds is 3. The number of carbonyl (C=O) groups excluding carboxylic acids is 1. The third-order valence-corrected chi connectivity index (χ3v) is 4.98. The van der Waals surface area contributed by atoms with E-state index in [0.29, 0.717) is 10.1 Å². The van der Waals surface area contributed by atoms with Crippen LogP contribution >= 0.6 is 0 Å². The monoisotopic (exact) mass is 433 g/mol. The topological polar surface area (TPSA) is 72.2 Å². The second-order valence-corrected chi connectivity index (χ2v) is 7.01. The van der Waals surface area contributed by atoms with E-state index in [0.717, 1.165) is 23.0 Å². The number of fused-ring (bicyclic) bond motifs is 2. The molecular formula is C23H14F3N5O. The molecule has 0 bridgehead atoms. The highest BCUT2D eigenvalue weighted by molar-refractivity contribution is 6.08. The SMILES string of the molecule is O=C(Nc1ccccn1)c1cnn2c(C(F)(F)F)cc(-c3cccc4ccccc34)nc12. The standard InChI is InChI=1S/C23H14F3N5O/c24-23(25,26)19-12-18(16-9-5-7-14-6-1-2-8-15(14)16)29-21-17(13-28-31(19)21)22(32)30-20-10-3-4-11-27-20/h1-13H,(H,27,30,32). The fourth-order valence-electron chi connectivity index (χ4n) is 3.53. The number of alkyl halides is 3. The van der Waals surface area contributed by atoms with Gasteiger partial charge in [-0.15, -0.1) is 0 Å². The van der Waals surface area contributed by atoms with E-state index in [-0.39, 0.29) is 22.7 Å². The zero-order valence-corrected chi connectivity index (χ0v) is 16.3. The van der Waals surface area contributed by atoms with Crippen molar-refractivity contribution in [3.8, 4) is 11.3 Å². The average molecular weight is 433 g/mol. The van der Waals surface area contributed by atoms with Crippen LogP contribution in [0, 0.1) is 0 Å². The third-order valence-electron chi connectivity index (χ3n) is 4.98. The van der Waals surface area contributed by atoms with E-state index in [4.69, 9.17) is 0 Å². The zero-order valence-electron chi connectivity index (χ0n) is 16.3. The van der Waals surface area contributed by atoms with Gasteiger partial charge in [0.05, 0.1) is 11.9 Å². The zero-order chi connectivity index (χ0) is 22.3. The molecule has 0 saturated heterocycles. The molecule has 9 heteroatoms. The number of pyridine rings is 1. The molecule has 1 amide bonds. The minimum absolute atomic E-state index is 0.0917. The van der Waals surface area contributed by atoms with Gasteiger partial charge >= 0.3 is 6.18 Å². The third kappa shape index (κ3) is 3.43. The van der Waals surface area contributed by atoms with Crippen LogP contribution in [-0.4, -0.2) is 25.5 Å². The fourth-order valence-corrected chi connectivity index (χ4v) is 3.53. The van der Waals surface area contributed by atoms with Crippen LogP contribution in [0.15, 0.2) is 79.1 Å². The minimum atomic E-state index is -4.71. The molecule has 0 aliphatic heterocycles. The maximum atomic E-state index is 13.9. The summed E-state index contributed by atoms with van der Waals surface area (Å²) in [5, 5.41) is 7.97. The van der Waals surface area contributed by atoms with Crippen LogP contribution in [0.3, 0.4) is 0 Å². The van der Waals surface area contributed by atoms with E-state index < -0.39 is 17.8 Å². The highest BCUT2D eigenvalue weighted by Gasteiger charge is 2.36. The van der Waals surface area contributed by atoms with Crippen molar-refractivity contribution in [3.63, 3.8) is 0 Å². The van der Waals surface area contributed by atoms with Crippen molar-refractivity contribution >= 4 is 28.1 Å². The first-order valence-corrected chi connectivity index (χ1v) is 9.58. The van der Waals surface area contributed by atoms with Crippen LogP contribution in [-0.2, 0) is 6.18 Å². The second-order valence-electron chi connectivity index (χ2n) is 7.01. The van der Waals surface area contributed by atoms with Crippen molar-refractivity contribution in [2.24, 2.45) is 0 Å². The number of nitrogens with zero attached hydrogens (tertiary/aromatic N) is 4. The molecule has 0 spiro atoms. The number of hydrogen-bond donors (Lipinski definition) is 1. The summed E-state index contributed by atoms with van der Waals surface area (Å²) in [6.07, 6.45) is -2.14. The van der Waals surface area contributed by atoms with E-state index in [1.165, 1.54) is 6.20 Å². The van der Waals surface area contributed by atoms with Crippen molar-refractivity contribution in [3.05, 3.63) is 90.4 Å². The summed E-state index contributed by atoms with van der Waals surface area (Å²) in [7, 11) is 0. The highest BCUT2D eigenvalue weighted by atomic mass is 19.4. The molecule has 0 atom stereocenters. The molecule has 0 fully saturated rings. The molecule has 3 heterocycles. The number of benzene rings is 2. The van der Waals surface area contributed by atoms with E-state index >= 15 is 0 Å². The lowest BCUT2D eigenvalue weighted by Crippen LogP contribution is -2.16. The predicted molar refractivity (Wildman–Crippen MR) is 113 cm³/mol. The van der Waals surface area contributed by atoms with Crippen molar-refractivity contribution in [2.75, 3.05) is 5.32 Å². The van der Waals surface area contributed by atoms with E-state index in [2.05, 4.69) is 20.4 Å². The Morgan fingerprint density at radius 2 is 1.75 bits per heavy atom. The van der Waals surface area contributed by atoms with Gasteiger partial charge in [-0.3, -0.25) is 4.79 Å². The van der Waals surface area contributed by atoms with E-state index in [9.17, 15) is 18.0 Å². The van der Waals surface area contributed by atoms with Gasteiger partial charge in [0.1, 0.15) is 11.4 Å². The van der Waals surface area contributed by atoms with Gasteiger partial charge in [-0.2, -0.15) is 18.3 Å². The molecule has 3 aromatic heterocycles. The summed E-state index contributed by atoms with van der Waals surface area (Å²) in [6, 6.07) is 18.5. The van der Waals surface area contributed by atoms with Gasteiger partial charge in [0, 0.05) is 11.8 Å². The van der Waals surface area contributed by atoms with Crippen LogP contribution in [0.2, 0.25) is 0 Å². The van der Waals surface area contributed by atoms with Crippen molar-refractivity contribution in [1.29, 1.82) is 0 Å². The van der Waals surface area contributed by atoms with Gasteiger partial charge in [0.25, 0.3) is 5.91 Å². The molecule has 5 rings (SSSR count). The Balaban J connectivity index is 1.71. The quantitative estimate of drug-likeness (QED) is 0.424. The normalized spacial score (nSPS) is 11.7. The number of halogens is 3. The maximum Gasteiger partial charge on any atom is 0.433 e. The Labute approximate surface area is 179 Å². The molecule has 32 heavy (non-hydrogen) atoms. The number of aromatic nitrogens is 4. The van der Waals surface area contributed by atoms with Gasteiger partial charge in [0.15, 0.2) is 11.3 Å². The lowest BCUT2D eigenvalue weighted by Gasteiger charge is -2.13. The summed E-state index contributed by atoms with van der Waals surface area (Å²) >= 11 is 0. The summed E-state index contributed by atoms with van der Waals surface area (Å²) in [5.41, 5.74) is -0.704. The Bertz CT molecular complexity index is 1460. The molecule has 0 radical (unpaired) electrons. The Kier molecular flexibility index (Phi) is 4.58. The summed E-state index contributed by atoms with van der Waals surface area (Å²) < 4.78 is 42.3. The molecule has 2 aromatic carbocycles. The summed E-state index contributed by atoms with van der Waals surface area (Å²) in [5.74, 6) is -0.396. The van der Waals surface area contributed by atoms with Crippen LogP contribution in [0.4, 0.5) is 19.0 Å². The van der Waals surface area contributed by atoms with Gasteiger partial charge in [0.2, 0.25) is 0 Å². The van der Waals surface area contributed by atoms with Crippen LogP contribution in [0.1, 0.15) is 16.1 Å². The molecule has 5 aromatic rings. The Morgan fingerprint density at radius 1 is 0.969 bits per heavy atom. The first-order valence-electron chi connectivity index (χ1n) is 9.58. The van der Waals surface area contributed by atoms with Crippen LogP contribution < -0.4 is 5.32 Å². The Hall–Kier alpha value is -4.27. The van der Waals surface area contributed by atoms with Gasteiger partial charge in [-0.1, -0.05) is 48.5 Å². The van der Waals surface area contributed by atoms with Crippen molar-refractivity contribution in [1.82, 2.24) is 19.6 Å². The van der Waals surface area contributed by atoms with Gasteiger partial charge in [-0.05, 0) is 29.0 Å². The minimum Gasteiger partial charge on any atom is -0.306 e. The Morgan fingerprint density at radius 3 is 2.53 bits per heavy atom. The molecule has 0 aliphatic rings. The van der Waals surface area contributed by atoms with E-state index in [1.807, 2.05) is 24.3 Å². The molecule has 1 N–H and O–H groups in total. The van der Waals surface area contributed by atoms with Crippen molar-refractivity contribution in [2.45, 2.75) is 6.18 Å². The highest BCUT2D eigenvalue weighted by Crippen LogP contribution is 2.34. The lowest BCUT2D eigenvalue weighted by atomic mass is 10.0. The largest absolute Gasteiger partial charge is 0.433 e. The molecule has 0 unspecified atom stereocenters. The first-order chi connectivity index (χ1) is 15.4. The molecule has 0 aliphatic carbocycles. The van der Waals surface area contributed by atoms with Gasteiger partial charge < -0.3 is 5.32 Å². The van der Waals surface area contributed by atoms with E-state index in [1.54, 1.807) is 36.4 Å². The molecular weight excluding hydrogens is 419 g/mol. The number of hydrogen-bond acceptors (Lipinski definition) is 4. The number of nitrogens with one attached hydrogen (secondary N) is 1. The number of amides is 1. The maximum absolute atomic E-state index is 13.9. The summed E-state index contributed by atoms with van der Waals surface area (Å²) in [6.45, 7) is 0. The molecule has 158 valence electrons.